The smallest absolute Gasteiger partial charge is 0.176 e. The van der Waals surface area contributed by atoms with Crippen molar-refractivity contribution in [1.82, 2.24) is 20.1 Å². The number of aryl methyl sites for hydroxylation is 1. The summed E-state index contributed by atoms with van der Waals surface area (Å²) >= 11 is 0. The maximum absolute atomic E-state index is 10.1. The number of benzene rings is 1. The topological polar surface area (TPSA) is 72.2 Å². The van der Waals surface area contributed by atoms with E-state index in [1.165, 1.54) is 0 Å². The fraction of sp³-hybridized carbons (Fsp3) is 0.529. The molecule has 1 aromatic carbocycles. The molecular weight excluding hydrogens is 292 g/mol. The Bertz CT molecular complexity index is 656. The van der Waals surface area contributed by atoms with Gasteiger partial charge in [0.15, 0.2) is 5.82 Å². The molecule has 6 heteroatoms. The van der Waals surface area contributed by atoms with Gasteiger partial charge in [-0.2, -0.15) is 5.10 Å². The van der Waals surface area contributed by atoms with Crippen molar-refractivity contribution in [3.63, 3.8) is 0 Å². The van der Waals surface area contributed by atoms with E-state index in [-0.39, 0.29) is 6.04 Å². The van der Waals surface area contributed by atoms with Gasteiger partial charge in [0.05, 0.1) is 6.54 Å². The first kappa shape index (κ1) is 16.0. The number of methoxy groups -OCH3 is 1. The second kappa shape index (κ2) is 7.10. The van der Waals surface area contributed by atoms with Crippen LogP contribution < -0.4 is 5.32 Å². The van der Waals surface area contributed by atoms with Crippen LogP contribution in [-0.2, 0) is 24.3 Å². The Morgan fingerprint density at radius 2 is 2.26 bits per heavy atom. The number of nitrogens with one attached hydrogen (secondary N) is 1. The molecule has 2 heterocycles. The minimum absolute atomic E-state index is 0.143. The van der Waals surface area contributed by atoms with Crippen LogP contribution in [0.5, 0.6) is 5.75 Å². The fourth-order valence-corrected chi connectivity index (χ4v) is 3.18. The highest BCUT2D eigenvalue weighted by Crippen LogP contribution is 2.27. The number of nitrogens with zero attached hydrogens (tertiary/aromatic N) is 3. The Hall–Kier alpha value is -1.92. The standard InChI is InChI=1S/C17H24N4O2/c1-3-14(13-6-4-5-7-15(13)22)18-12-8-9-17-19-16(11-23-2)20-21(17)10-12/h4-7,12,14,18,22H,3,8-11H2,1-2H3/t12-,14+/m1/s1. The van der Waals surface area contributed by atoms with E-state index in [0.717, 1.165) is 43.0 Å². The zero-order valence-electron chi connectivity index (χ0n) is 13.7. The largest absolute Gasteiger partial charge is 0.508 e. The summed E-state index contributed by atoms with van der Waals surface area (Å²) in [5.41, 5.74) is 0.958. The molecule has 0 radical (unpaired) electrons. The molecule has 0 bridgehead atoms. The first-order valence-corrected chi connectivity index (χ1v) is 8.16. The number of aromatic nitrogens is 3. The molecule has 0 amide bonds. The molecule has 23 heavy (non-hydrogen) atoms. The van der Waals surface area contributed by atoms with Crippen molar-refractivity contribution in [2.75, 3.05) is 7.11 Å². The maximum atomic E-state index is 10.1. The average molecular weight is 316 g/mol. The summed E-state index contributed by atoms with van der Waals surface area (Å²) in [7, 11) is 1.66. The molecule has 0 aliphatic carbocycles. The molecule has 1 aliphatic rings. The minimum atomic E-state index is 0.143. The minimum Gasteiger partial charge on any atom is -0.508 e. The highest BCUT2D eigenvalue weighted by molar-refractivity contribution is 5.34. The monoisotopic (exact) mass is 316 g/mol. The van der Waals surface area contributed by atoms with Crippen LogP contribution in [0.1, 0.15) is 43.0 Å². The van der Waals surface area contributed by atoms with Crippen molar-refractivity contribution in [3.8, 4) is 5.75 Å². The third kappa shape index (κ3) is 3.54. The first-order valence-electron chi connectivity index (χ1n) is 8.16. The Labute approximate surface area is 136 Å². The molecule has 0 saturated carbocycles. The first-order chi connectivity index (χ1) is 11.2. The van der Waals surface area contributed by atoms with Gasteiger partial charge < -0.3 is 15.2 Å². The lowest BCUT2D eigenvalue weighted by Crippen LogP contribution is -2.39. The lowest BCUT2D eigenvalue weighted by molar-refractivity contribution is 0.177. The van der Waals surface area contributed by atoms with Gasteiger partial charge >= 0.3 is 0 Å². The van der Waals surface area contributed by atoms with Crippen molar-refractivity contribution < 1.29 is 9.84 Å². The van der Waals surface area contributed by atoms with E-state index >= 15 is 0 Å². The number of aromatic hydroxyl groups is 1. The van der Waals surface area contributed by atoms with Crippen molar-refractivity contribution in [2.24, 2.45) is 0 Å². The zero-order valence-corrected chi connectivity index (χ0v) is 13.7. The van der Waals surface area contributed by atoms with Crippen molar-refractivity contribution in [3.05, 3.63) is 41.5 Å². The maximum Gasteiger partial charge on any atom is 0.176 e. The van der Waals surface area contributed by atoms with E-state index in [0.29, 0.717) is 18.4 Å². The quantitative estimate of drug-likeness (QED) is 0.855. The van der Waals surface area contributed by atoms with Crippen LogP contribution in [-0.4, -0.2) is 33.0 Å². The number of phenols is 1. The van der Waals surface area contributed by atoms with Gasteiger partial charge in [0.2, 0.25) is 0 Å². The molecule has 0 unspecified atom stereocenters. The number of fused-ring (bicyclic) bond motifs is 1. The average Bonchev–Trinajstić information content (AvgIpc) is 2.95. The highest BCUT2D eigenvalue weighted by Gasteiger charge is 2.24. The molecule has 0 spiro atoms. The van der Waals surface area contributed by atoms with E-state index in [1.807, 2.05) is 22.9 Å². The number of ether oxygens (including phenoxy) is 1. The summed E-state index contributed by atoms with van der Waals surface area (Å²) in [6.07, 6.45) is 2.86. The molecule has 6 nitrogen and oxygen atoms in total. The number of rotatable bonds is 6. The van der Waals surface area contributed by atoms with Crippen LogP contribution in [0.4, 0.5) is 0 Å². The number of phenolic OH excluding ortho intramolecular Hbond substituents is 1. The molecule has 2 atom stereocenters. The molecule has 0 saturated heterocycles. The number of para-hydroxylation sites is 1. The van der Waals surface area contributed by atoms with E-state index in [4.69, 9.17) is 4.74 Å². The second-order valence-corrected chi connectivity index (χ2v) is 5.98. The highest BCUT2D eigenvalue weighted by atomic mass is 16.5. The van der Waals surface area contributed by atoms with Gasteiger partial charge in [0.1, 0.15) is 18.2 Å². The van der Waals surface area contributed by atoms with Gasteiger partial charge in [-0.25, -0.2) is 9.67 Å². The van der Waals surface area contributed by atoms with Gasteiger partial charge in [0, 0.05) is 31.2 Å². The molecule has 2 N–H and O–H groups in total. The molecular formula is C17H24N4O2. The molecule has 124 valence electrons. The van der Waals surface area contributed by atoms with Crippen molar-refractivity contribution >= 4 is 0 Å². The summed E-state index contributed by atoms with van der Waals surface area (Å²) in [6, 6.07) is 8.01. The molecule has 1 aromatic heterocycles. The number of hydrogen-bond acceptors (Lipinski definition) is 5. The Kier molecular flexibility index (Phi) is 4.93. The third-order valence-electron chi connectivity index (χ3n) is 4.33. The fourth-order valence-electron chi connectivity index (χ4n) is 3.18. The predicted octanol–water partition coefficient (Wildman–Crippen LogP) is 2.19. The Balaban J connectivity index is 1.69. The van der Waals surface area contributed by atoms with E-state index in [2.05, 4.69) is 22.3 Å². The second-order valence-electron chi connectivity index (χ2n) is 5.98. The lowest BCUT2D eigenvalue weighted by Gasteiger charge is -2.28. The summed E-state index contributed by atoms with van der Waals surface area (Å²) in [5, 5.41) is 18.3. The van der Waals surface area contributed by atoms with Crippen LogP contribution in [0.2, 0.25) is 0 Å². The van der Waals surface area contributed by atoms with Gasteiger partial charge in [-0.15, -0.1) is 0 Å². The van der Waals surface area contributed by atoms with Crippen molar-refractivity contribution in [2.45, 2.75) is 51.4 Å². The van der Waals surface area contributed by atoms with Crippen molar-refractivity contribution in [1.29, 1.82) is 0 Å². The van der Waals surface area contributed by atoms with Crippen LogP contribution in [0.25, 0.3) is 0 Å². The molecule has 1 aliphatic heterocycles. The summed E-state index contributed by atoms with van der Waals surface area (Å²) < 4.78 is 7.08. The SMILES string of the molecule is CC[C@H](N[C@@H]1CCc2nc(COC)nn2C1)c1ccccc1O. The molecule has 2 aromatic rings. The van der Waals surface area contributed by atoms with Crippen LogP contribution in [0, 0.1) is 0 Å². The summed E-state index contributed by atoms with van der Waals surface area (Å²) in [6.45, 7) is 3.38. The van der Waals surface area contributed by atoms with Gasteiger partial charge in [-0.3, -0.25) is 0 Å². The van der Waals surface area contributed by atoms with E-state index in [1.54, 1.807) is 13.2 Å². The van der Waals surface area contributed by atoms with Crippen LogP contribution in [0.15, 0.2) is 24.3 Å². The molecule has 0 fully saturated rings. The van der Waals surface area contributed by atoms with Gasteiger partial charge in [-0.05, 0) is 18.9 Å². The normalized spacial score (nSPS) is 18.6. The Morgan fingerprint density at radius 3 is 3.00 bits per heavy atom. The van der Waals surface area contributed by atoms with Crippen LogP contribution >= 0.6 is 0 Å². The summed E-state index contributed by atoms with van der Waals surface area (Å²) in [5.74, 6) is 2.13. The molecule has 3 rings (SSSR count). The van der Waals surface area contributed by atoms with Crippen LogP contribution in [0.3, 0.4) is 0 Å². The zero-order chi connectivity index (χ0) is 16.2. The van der Waals surface area contributed by atoms with E-state index < -0.39 is 0 Å². The third-order valence-corrected chi connectivity index (χ3v) is 4.33. The Morgan fingerprint density at radius 1 is 1.43 bits per heavy atom. The number of hydrogen-bond donors (Lipinski definition) is 2. The van der Waals surface area contributed by atoms with E-state index in [9.17, 15) is 5.11 Å². The summed E-state index contributed by atoms with van der Waals surface area (Å²) in [4.78, 5) is 4.51. The van der Waals surface area contributed by atoms with Gasteiger partial charge in [-0.1, -0.05) is 25.1 Å². The van der Waals surface area contributed by atoms with Gasteiger partial charge in [0.25, 0.3) is 0 Å². The predicted molar refractivity (Wildman–Crippen MR) is 87.1 cm³/mol. The lowest BCUT2D eigenvalue weighted by atomic mass is 10.00.